The predicted molar refractivity (Wildman–Crippen MR) is 47.5 cm³/mol. The summed E-state index contributed by atoms with van der Waals surface area (Å²) in [7, 11) is 0. The molecule has 2 saturated carbocycles. The van der Waals surface area contributed by atoms with Crippen molar-refractivity contribution in [2.75, 3.05) is 0 Å². The standard InChI is InChI=1S/C10H14O4/c1-5(11)14-9-4-6-2-7(9)8(3-6)10(12)13/h6-9H,2-4H2,1H3,(H,12,13)/t6-,7+,8-,9-/m1/s1. The summed E-state index contributed by atoms with van der Waals surface area (Å²) in [5, 5.41) is 8.95. The number of aliphatic carboxylic acids is 1. The van der Waals surface area contributed by atoms with Crippen molar-refractivity contribution in [3.63, 3.8) is 0 Å². The lowest BCUT2D eigenvalue weighted by Crippen LogP contribution is -2.32. The maximum absolute atomic E-state index is 10.9. The second-order valence-corrected chi connectivity index (χ2v) is 4.33. The molecule has 0 aromatic heterocycles. The molecule has 78 valence electrons. The zero-order chi connectivity index (χ0) is 10.3. The van der Waals surface area contributed by atoms with Gasteiger partial charge in [-0.2, -0.15) is 0 Å². The van der Waals surface area contributed by atoms with Crippen LogP contribution in [0.1, 0.15) is 26.2 Å². The number of rotatable bonds is 2. The fourth-order valence-electron chi connectivity index (χ4n) is 2.92. The molecule has 0 amide bonds. The van der Waals surface area contributed by atoms with Crippen molar-refractivity contribution in [3.8, 4) is 0 Å². The first-order valence-corrected chi connectivity index (χ1v) is 4.98. The van der Waals surface area contributed by atoms with E-state index in [1.54, 1.807) is 0 Å². The normalized spacial score (nSPS) is 39.8. The van der Waals surface area contributed by atoms with Crippen LogP contribution in [0.15, 0.2) is 0 Å². The van der Waals surface area contributed by atoms with Gasteiger partial charge in [0.05, 0.1) is 5.92 Å². The first-order valence-electron chi connectivity index (χ1n) is 4.98. The summed E-state index contributed by atoms with van der Waals surface area (Å²) in [6, 6.07) is 0. The Morgan fingerprint density at radius 2 is 2.00 bits per heavy atom. The van der Waals surface area contributed by atoms with Gasteiger partial charge in [-0.05, 0) is 25.2 Å². The summed E-state index contributed by atoms with van der Waals surface area (Å²) in [5.41, 5.74) is 0. The SMILES string of the molecule is CC(=O)O[C@@H]1C[C@@H]2C[C@H]1[C@H](C(=O)O)C2. The Labute approximate surface area is 82.2 Å². The minimum absolute atomic E-state index is 0.0569. The smallest absolute Gasteiger partial charge is 0.306 e. The molecule has 2 fully saturated rings. The van der Waals surface area contributed by atoms with Crippen molar-refractivity contribution < 1.29 is 19.4 Å². The minimum Gasteiger partial charge on any atom is -0.481 e. The second kappa shape index (κ2) is 3.26. The van der Waals surface area contributed by atoms with Crippen molar-refractivity contribution >= 4 is 11.9 Å². The van der Waals surface area contributed by atoms with Gasteiger partial charge in [-0.25, -0.2) is 0 Å². The van der Waals surface area contributed by atoms with Gasteiger partial charge in [0, 0.05) is 12.8 Å². The van der Waals surface area contributed by atoms with Gasteiger partial charge in [0.1, 0.15) is 6.10 Å². The number of hydrogen-bond donors (Lipinski definition) is 1. The lowest BCUT2D eigenvalue weighted by Gasteiger charge is -2.26. The molecule has 0 spiro atoms. The largest absolute Gasteiger partial charge is 0.481 e. The number of fused-ring (bicyclic) bond motifs is 2. The molecule has 0 saturated heterocycles. The fraction of sp³-hybridized carbons (Fsp3) is 0.800. The number of carbonyl (C=O) groups excluding carboxylic acids is 1. The average Bonchev–Trinajstić information content (AvgIpc) is 2.60. The average molecular weight is 198 g/mol. The van der Waals surface area contributed by atoms with Gasteiger partial charge in [0.15, 0.2) is 0 Å². The van der Waals surface area contributed by atoms with Gasteiger partial charge in [0.2, 0.25) is 0 Å². The Morgan fingerprint density at radius 3 is 2.50 bits per heavy atom. The zero-order valence-electron chi connectivity index (χ0n) is 8.10. The van der Waals surface area contributed by atoms with E-state index in [1.165, 1.54) is 6.92 Å². The maximum atomic E-state index is 10.9. The first kappa shape index (κ1) is 9.49. The molecule has 2 rings (SSSR count). The summed E-state index contributed by atoms with van der Waals surface area (Å²) < 4.78 is 5.12. The molecule has 4 atom stereocenters. The highest BCUT2D eigenvalue weighted by atomic mass is 16.5. The van der Waals surface area contributed by atoms with Crippen LogP contribution in [0.5, 0.6) is 0 Å². The van der Waals surface area contributed by atoms with Crippen LogP contribution in [-0.2, 0) is 14.3 Å². The van der Waals surface area contributed by atoms with Crippen molar-refractivity contribution in [3.05, 3.63) is 0 Å². The molecule has 0 unspecified atom stereocenters. The number of ether oxygens (including phenoxy) is 1. The fourth-order valence-corrected chi connectivity index (χ4v) is 2.92. The van der Waals surface area contributed by atoms with E-state index < -0.39 is 5.97 Å². The summed E-state index contributed by atoms with van der Waals surface area (Å²) in [6.07, 6.45) is 2.38. The molecule has 1 N–H and O–H groups in total. The van der Waals surface area contributed by atoms with E-state index in [1.807, 2.05) is 0 Å². The van der Waals surface area contributed by atoms with Crippen LogP contribution in [0.3, 0.4) is 0 Å². The van der Waals surface area contributed by atoms with E-state index in [0.717, 1.165) is 19.3 Å². The first-order chi connectivity index (χ1) is 6.58. The molecular weight excluding hydrogens is 184 g/mol. The lowest BCUT2D eigenvalue weighted by molar-refractivity contribution is -0.155. The van der Waals surface area contributed by atoms with E-state index in [9.17, 15) is 9.59 Å². The molecule has 2 bridgehead atoms. The Hall–Kier alpha value is -1.06. The van der Waals surface area contributed by atoms with Crippen LogP contribution in [-0.4, -0.2) is 23.1 Å². The predicted octanol–water partition coefficient (Wildman–Crippen LogP) is 1.05. The summed E-state index contributed by atoms with van der Waals surface area (Å²) >= 11 is 0. The molecule has 0 aliphatic heterocycles. The van der Waals surface area contributed by atoms with Crippen LogP contribution in [0.4, 0.5) is 0 Å². The third-order valence-corrected chi connectivity index (χ3v) is 3.39. The van der Waals surface area contributed by atoms with Crippen LogP contribution >= 0.6 is 0 Å². The topological polar surface area (TPSA) is 63.6 Å². The van der Waals surface area contributed by atoms with Gasteiger partial charge in [-0.1, -0.05) is 0 Å². The Balaban J connectivity index is 2.04. The molecular formula is C10H14O4. The van der Waals surface area contributed by atoms with Crippen LogP contribution in [0, 0.1) is 17.8 Å². The summed E-state index contributed by atoms with van der Waals surface area (Å²) in [6.45, 7) is 1.38. The minimum atomic E-state index is -0.741. The highest BCUT2D eigenvalue weighted by Gasteiger charge is 2.50. The second-order valence-electron chi connectivity index (χ2n) is 4.33. The molecule has 0 radical (unpaired) electrons. The van der Waals surface area contributed by atoms with E-state index in [0.29, 0.717) is 5.92 Å². The molecule has 4 heteroatoms. The zero-order valence-corrected chi connectivity index (χ0v) is 8.10. The van der Waals surface area contributed by atoms with Crippen molar-refractivity contribution in [1.29, 1.82) is 0 Å². The quantitative estimate of drug-likeness (QED) is 0.673. The van der Waals surface area contributed by atoms with Gasteiger partial charge in [-0.3, -0.25) is 9.59 Å². The van der Waals surface area contributed by atoms with Crippen LogP contribution in [0.25, 0.3) is 0 Å². The van der Waals surface area contributed by atoms with Gasteiger partial charge < -0.3 is 9.84 Å². The van der Waals surface area contributed by atoms with Gasteiger partial charge in [-0.15, -0.1) is 0 Å². The van der Waals surface area contributed by atoms with Gasteiger partial charge >= 0.3 is 11.9 Å². The highest BCUT2D eigenvalue weighted by Crippen LogP contribution is 2.49. The number of hydrogen-bond acceptors (Lipinski definition) is 3. The van der Waals surface area contributed by atoms with Crippen molar-refractivity contribution in [2.45, 2.75) is 32.3 Å². The number of esters is 1. The third-order valence-electron chi connectivity index (χ3n) is 3.39. The van der Waals surface area contributed by atoms with E-state index in [4.69, 9.17) is 9.84 Å². The van der Waals surface area contributed by atoms with Crippen molar-refractivity contribution in [1.82, 2.24) is 0 Å². The maximum Gasteiger partial charge on any atom is 0.306 e. The molecule has 2 aliphatic carbocycles. The van der Waals surface area contributed by atoms with E-state index in [2.05, 4.69) is 0 Å². The molecule has 0 heterocycles. The van der Waals surface area contributed by atoms with Crippen molar-refractivity contribution in [2.24, 2.45) is 17.8 Å². The molecule has 4 nitrogen and oxygen atoms in total. The highest BCUT2D eigenvalue weighted by molar-refractivity contribution is 5.71. The Morgan fingerprint density at radius 1 is 1.29 bits per heavy atom. The number of carbonyl (C=O) groups is 2. The number of carboxylic acid groups (broad SMARTS) is 1. The summed E-state index contributed by atoms with van der Waals surface area (Å²) in [5.74, 6) is -0.828. The Bertz CT molecular complexity index is 271. The van der Waals surface area contributed by atoms with E-state index in [-0.39, 0.29) is 23.9 Å². The molecule has 0 aromatic rings. The van der Waals surface area contributed by atoms with Gasteiger partial charge in [0.25, 0.3) is 0 Å². The Kier molecular flexibility index (Phi) is 2.21. The molecule has 2 aliphatic rings. The number of carboxylic acids is 1. The lowest BCUT2D eigenvalue weighted by atomic mass is 9.87. The molecule has 0 aromatic carbocycles. The van der Waals surface area contributed by atoms with Crippen LogP contribution in [0.2, 0.25) is 0 Å². The van der Waals surface area contributed by atoms with E-state index >= 15 is 0 Å². The monoisotopic (exact) mass is 198 g/mol. The molecule has 14 heavy (non-hydrogen) atoms. The third kappa shape index (κ3) is 1.49. The van der Waals surface area contributed by atoms with Crippen LogP contribution < -0.4 is 0 Å². The summed E-state index contributed by atoms with van der Waals surface area (Å²) in [4.78, 5) is 21.7.